The van der Waals surface area contributed by atoms with Crippen LogP contribution in [-0.2, 0) is 30.7 Å². The lowest BCUT2D eigenvalue weighted by Gasteiger charge is -2.19. The lowest BCUT2D eigenvalue weighted by molar-refractivity contribution is 0.128. The summed E-state index contributed by atoms with van der Waals surface area (Å²) in [5.41, 5.74) is 3.68. The van der Waals surface area contributed by atoms with E-state index in [4.69, 9.17) is 4.74 Å². The summed E-state index contributed by atoms with van der Waals surface area (Å²) < 4.78 is 5.37. The molecule has 1 aliphatic rings. The predicted octanol–water partition coefficient (Wildman–Crippen LogP) is 1.22. The quantitative estimate of drug-likeness (QED) is 0.830. The summed E-state index contributed by atoms with van der Waals surface area (Å²) >= 11 is 0. The highest BCUT2D eigenvalue weighted by molar-refractivity contribution is 5.28. The molecule has 1 aromatic heterocycles. The van der Waals surface area contributed by atoms with Crippen molar-refractivity contribution < 1.29 is 4.74 Å². The Hall–Kier alpha value is -1.00. The summed E-state index contributed by atoms with van der Waals surface area (Å²) in [6, 6.07) is 0. The first-order chi connectivity index (χ1) is 7.85. The van der Waals surface area contributed by atoms with Crippen molar-refractivity contribution in [1.82, 2.24) is 15.3 Å². The minimum absolute atomic E-state index is 0.532. The van der Waals surface area contributed by atoms with Gasteiger partial charge in [-0.3, -0.25) is 0 Å². The maximum absolute atomic E-state index is 5.37. The number of nitrogens with one attached hydrogen (secondary N) is 1. The predicted molar refractivity (Wildman–Crippen MR) is 62.2 cm³/mol. The van der Waals surface area contributed by atoms with Crippen molar-refractivity contribution in [1.29, 1.82) is 0 Å². The van der Waals surface area contributed by atoms with Gasteiger partial charge in [0.15, 0.2) is 5.82 Å². The third-order valence-corrected chi connectivity index (χ3v) is 2.84. The molecular formula is C12H19N3O. The first-order valence-electron chi connectivity index (χ1n) is 6.01. The van der Waals surface area contributed by atoms with Crippen LogP contribution >= 0.6 is 0 Å². The molecule has 0 radical (unpaired) electrons. The summed E-state index contributed by atoms with van der Waals surface area (Å²) in [7, 11) is 0. The van der Waals surface area contributed by atoms with Gasteiger partial charge in [0.2, 0.25) is 0 Å². The molecule has 2 rings (SSSR count). The summed E-state index contributed by atoms with van der Waals surface area (Å²) in [6.07, 6.45) is 1.97. The van der Waals surface area contributed by atoms with Gasteiger partial charge < -0.3 is 10.1 Å². The molecule has 16 heavy (non-hydrogen) atoms. The molecule has 88 valence electrons. The Morgan fingerprint density at radius 2 is 2.19 bits per heavy atom. The Labute approximate surface area is 96.4 Å². The Kier molecular flexibility index (Phi) is 3.85. The highest BCUT2D eigenvalue weighted by atomic mass is 16.5. The van der Waals surface area contributed by atoms with Crippen LogP contribution in [0.4, 0.5) is 0 Å². The standard InChI is InChI=1S/C12H19N3O/c1-3-10-9-7-13-6-5-11(9)15-12(14-10)8-16-4-2/h13H,3-8H2,1-2H3. The van der Waals surface area contributed by atoms with Gasteiger partial charge in [0, 0.05) is 37.4 Å². The Bertz CT molecular complexity index is 348. The molecule has 0 bridgehead atoms. The van der Waals surface area contributed by atoms with E-state index in [1.165, 1.54) is 17.0 Å². The molecule has 1 N–H and O–H groups in total. The zero-order valence-corrected chi connectivity index (χ0v) is 10.0. The summed E-state index contributed by atoms with van der Waals surface area (Å²) in [4.78, 5) is 9.15. The first kappa shape index (κ1) is 11.5. The van der Waals surface area contributed by atoms with Crippen LogP contribution in [0.3, 0.4) is 0 Å². The van der Waals surface area contributed by atoms with E-state index in [0.29, 0.717) is 13.2 Å². The monoisotopic (exact) mass is 221 g/mol. The number of ether oxygens (including phenoxy) is 1. The Morgan fingerprint density at radius 3 is 2.94 bits per heavy atom. The van der Waals surface area contributed by atoms with Gasteiger partial charge >= 0.3 is 0 Å². The summed E-state index contributed by atoms with van der Waals surface area (Å²) in [5, 5.41) is 3.37. The van der Waals surface area contributed by atoms with E-state index in [9.17, 15) is 0 Å². The fourth-order valence-electron chi connectivity index (χ4n) is 2.02. The van der Waals surface area contributed by atoms with Gasteiger partial charge in [-0.2, -0.15) is 0 Å². The highest BCUT2D eigenvalue weighted by Crippen LogP contribution is 2.16. The van der Waals surface area contributed by atoms with E-state index in [-0.39, 0.29) is 0 Å². The third-order valence-electron chi connectivity index (χ3n) is 2.84. The van der Waals surface area contributed by atoms with Crippen LogP contribution < -0.4 is 5.32 Å². The molecule has 0 spiro atoms. The lowest BCUT2D eigenvalue weighted by atomic mass is 10.0. The van der Waals surface area contributed by atoms with E-state index in [0.717, 1.165) is 31.8 Å². The van der Waals surface area contributed by atoms with E-state index in [1.54, 1.807) is 0 Å². The van der Waals surface area contributed by atoms with E-state index in [1.807, 2.05) is 6.92 Å². The summed E-state index contributed by atoms with van der Waals surface area (Å²) in [6.45, 7) is 7.30. The first-order valence-corrected chi connectivity index (χ1v) is 6.01. The van der Waals surface area contributed by atoms with Crippen LogP contribution in [0.2, 0.25) is 0 Å². The minimum atomic E-state index is 0.532. The van der Waals surface area contributed by atoms with Crippen molar-refractivity contribution in [3.05, 3.63) is 22.8 Å². The maximum Gasteiger partial charge on any atom is 0.154 e. The van der Waals surface area contributed by atoms with Crippen LogP contribution in [0.1, 0.15) is 36.6 Å². The van der Waals surface area contributed by atoms with Crippen LogP contribution in [0, 0.1) is 0 Å². The van der Waals surface area contributed by atoms with Crippen LogP contribution in [-0.4, -0.2) is 23.1 Å². The smallest absolute Gasteiger partial charge is 0.154 e. The molecule has 0 aliphatic carbocycles. The van der Waals surface area contributed by atoms with Gasteiger partial charge in [-0.05, 0) is 13.3 Å². The van der Waals surface area contributed by atoms with E-state index >= 15 is 0 Å². The number of fused-ring (bicyclic) bond motifs is 1. The van der Waals surface area contributed by atoms with E-state index < -0.39 is 0 Å². The average molecular weight is 221 g/mol. The molecule has 2 heterocycles. The molecule has 0 fully saturated rings. The largest absolute Gasteiger partial charge is 0.374 e. The second kappa shape index (κ2) is 5.37. The molecule has 0 atom stereocenters. The molecule has 0 aromatic carbocycles. The van der Waals surface area contributed by atoms with Crippen molar-refractivity contribution in [3.8, 4) is 0 Å². The second-order valence-electron chi connectivity index (χ2n) is 3.93. The molecule has 1 aliphatic heterocycles. The topological polar surface area (TPSA) is 47.0 Å². The van der Waals surface area contributed by atoms with Gasteiger partial charge in [0.05, 0.1) is 5.69 Å². The van der Waals surface area contributed by atoms with Gasteiger partial charge in [-0.1, -0.05) is 6.92 Å². The van der Waals surface area contributed by atoms with Gasteiger partial charge in [0.1, 0.15) is 6.61 Å². The Morgan fingerprint density at radius 1 is 1.31 bits per heavy atom. The second-order valence-corrected chi connectivity index (χ2v) is 3.93. The van der Waals surface area contributed by atoms with Gasteiger partial charge in [-0.25, -0.2) is 9.97 Å². The van der Waals surface area contributed by atoms with Crippen LogP contribution in [0.25, 0.3) is 0 Å². The normalized spacial score (nSPS) is 14.9. The molecule has 0 unspecified atom stereocenters. The number of aromatic nitrogens is 2. The number of hydrogen-bond donors (Lipinski definition) is 1. The molecule has 0 saturated carbocycles. The number of aryl methyl sites for hydroxylation is 1. The maximum atomic E-state index is 5.37. The molecule has 0 saturated heterocycles. The van der Waals surface area contributed by atoms with Gasteiger partial charge in [-0.15, -0.1) is 0 Å². The number of hydrogen-bond acceptors (Lipinski definition) is 4. The van der Waals surface area contributed by atoms with E-state index in [2.05, 4.69) is 22.2 Å². The molecule has 4 nitrogen and oxygen atoms in total. The van der Waals surface area contributed by atoms with Crippen molar-refractivity contribution in [3.63, 3.8) is 0 Å². The molecule has 4 heteroatoms. The van der Waals surface area contributed by atoms with Crippen molar-refractivity contribution >= 4 is 0 Å². The van der Waals surface area contributed by atoms with Gasteiger partial charge in [0.25, 0.3) is 0 Å². The summed E-state index contributed by atoms with van der Waals surface area (Å²) in [5.74, 6) is 0.833. The fourth-order valence-corrected chi connectivity index (χ4v) is 2.02. The number of rotatable bonds is 4. The Balaban J connectivity index is 2.28. The zero-order chi connectivity index (χ0) is 11.4. The molecular weight excluding hydrogens is 202 g/mol. The minimum Gasteiger partial charge on any atom is -0.374 e. The van der Waals surface area contributed by atoms with Crippen molar-refractivity contribution in [2.24, 2.45) is 0 Å². The zero-order valence-electron chi connectivity index (χ0n) is 10.0. The van der Waals surface area contributed by atoms with Crippen LogP contribution in [0.15, 0.2) is 0 Å². The van der Waals surface area contributed by atoms with Crippen molar-refractivity contribution in [2.75, 3.05) is 13.2 Å². The van der Waals surface area contributed by atoms with Crippen molar-refractivity contribution in [2.45, 2.75) is 39.8 Å². The molecule has 1 aromatic rings. The fraction of sp³-hybridized carbons (Fsp3) is 0.667. The average Bonchev–Trinajstić information content (AvgIpc) is 2.35. The SMILES string of the molecule is CCOCc1nc(CC)c2c(n1)CCNC2. The third kappa shape index (κ3) is 2.39. The number of nitrogens with zero attached hydrogens (tertiary/aromatic N) is 2. The molecule has 0 amide bonds. The lowest BCUT2D eigenvalue weighted by Crippen LogP contribution is -2.27. The van der Waals surface area contributed by atoms with Crippen LogP contribution in [0.5, 0.6) is 0 Å². The highest BCUT2D eigenvalue weighted by Gasteiger charge is 2.16.